The van der Waals surface area contributed by atoms with Crippen molar-refractivity contribution in [2.75, 3.05) is 0 Å². The minimum absolute atomic E-state index is 1.02. The van der Waals surface area contributed by atoms with Gasteiger partial charge in [0.15, 0.2) is 0 Å². The van der Waals surface area contributed by atoms with Crippen molar-refractivity contribution in [2.24, 2.45) is 4.99 Å². The molecule has 0 unspecified atom stereocenters. The molecule has 1 nitrogen and oxygen atoms in total. The lowest BCUT2D eigenvalue weighted by Gasteiger charge is -1.88. The number of nitrogens with zero attached hydrogens (tertiary/aromatic N) is 1. The molecular formula is C8H11N. The molecule has 0 amide bonds. The van der Waals surface area contributed by atoms with Crippen LogP contribution >= 0.6 is 0 Å². The van der Waals surface area contributed by atoms with Gasteiger partial charge < -0.3 is 0 Å². The highest BCUT2D eigenvalue weighted by Gasteiger charge is 1.88. The fourth-order valence-corrected chi connectivity index (χ4v) is 0.744. The molecule has 0 atom stereocenters. The van der Waals surface area contributed by atoms with Crippen LogP contribution in [-0.4, -0.2) is 5.71 Å². The van der Waals surface area contributed by atoms with E-state index in [0.717, 1.165) is 12.8 Å². The fourth-order valence-electron chi connectivity index (χ4n) is 0.744. The molecule has 1 heteroatoms. The Morgan fingerprint density at radius 3 is 3.22 bits per heavy atom. The van der Waals surface area contributed by atoms with Crippen molar-refractivity contribution in [2.45, 2.75) is 19.8 Å². The van der Waals surface area contributed by atoms with Crippen molar-refractivity contribution >= 4 is 5.71 Å². The molecule has 0 radical (unpaired) electrons. The summed E-state index contributed by atoms with van der Waals surface area (Å²) in [5.74, 6) is 0. The number of hydrogen-bond donors (Lipinski definition) is 0. The van der Waals surface area contributed by atoms with Crippen LogP contribution in [0.2, 0.25) is 0 Å². The summed E-state index contributed by atoms with van der Waals surface area (Å²) in [5, 5.41) is 0. The number of hydrogen-bond acceptors (Lipinski definition) is 1. The lowest BCUT2D eigenvalue weighted by atomic mass is 10.2. The second-order valence-corrected chi connectivity index (χ2v) is 2.00. The molecule has 0 bridgehead atoms. The van der Waals surface area contributed by atoms with Crippen LogP contribution in [0.15, 0.2) is 29.4 Å². The van der Waals surface area contributed by atoms with E-state index in [1.165, 1.54) is 5.71 Å². The molecule has 1 rings (SSSR count). The SMILES string of the molecule is CCC1=NC=CCC=C1. The zero-order valence-corrected chi connectivity index (χ0v) is 5.67. The summed E-state index contributed by atoms with van der Waals surface area (Å²) < 4.78 is 0. The van der Waals surface area contributed by atoms with Gasteiger partial charge in [-0.15, -0.1) is 0 Å². The number of rotatable bonds is 1. The summed E-state index contributed by atoms with van der Waals surface area (Å²) in [5.41, 5.74) is 1.17. The second-order valence-electron chi connectivity index (χ2n) is 2.00. The van der Waals surface area contributed by atoms with E-state index in [2.05, 4.69) is 30.1 Å². The topological polar surface area (TPSA) is 12.4 Å². The average Bonchev–Trinajstić information content (AvgIpc) is 2.13. The standard InChI is InChI=1S/C8H11N/c1-2-8-6-4-3-5-7-9-8/h4-7H,2-3H2,1H3. The fraction of sp³-hybridized carbons (Fsp3) is 0.375. The Labute approximate surface area is 55.8 Å². The van der Waals surface area contributed by atoms with Crippen molar-refractivity contribution < 1.29 is 0 Å². The van der Waals surface area contributed by atoms with Gasteiger partial charge in [0.1, 0.15) is 0 Å². The van der Waals surface area contributed by atoms with E-state index in [1.54, 1.807) is 0 Å². The summed E-state index contributed by atoms with van der Waals surface area (Å²) in [6.45, 7) is 2.11. The Kier molecular flexibility index (Phi) is 2.25. The molecule has 0 aliphatic carbocycles. The minimum Gasteiger partial charge on any atom is -0.262 e. The third kappa shape index (κ3) is 1.84. The zero-order chi connectivity index (χ0) is 6.53. The Hall–Kier alpha value is -0.850. The Bertz CT molecular complexity index is 163. The molecule has 0 spiro atoms. The first-order chi connectivity index (χ1) is 4.43. The van der Waals surface area contributed by atoms with Crippen LogP contribution in [0.25, 0.3) is 0 Å². The molecule has 0 aromatic carbocycles. The monoisotopic (exact) mass is 121 g/mol. The van der Waals surface area contributed by atoms with E-state index >= 15 is 0 Å². The van der Waals surface area contributed by atoms with Gasteiger partial charge in [0.25, 0.3) is 0 Å². The van der Waals surface area contributed by atoms with E-state index in [-0.39, 0.29) is 0 Å². The first-order valence-electron chi connectivity index (χ1n) is 3.31. The van der Waals surface area contributed by atoms with Gasteiger partial charge in [0.2, 0.25) is 0 Å². The molecule has 9 heavy (non-hydrogen) atoms. The second kappa shape index (κ2) is 3.23. The first-order valence-corrected chi connectivity index (χ1v) is 3.31. The predicted octanol–water partition coefficient (Wildman–Crippen LogP) is 2.31. The highest BCUT2D eigenvalue weighted by molar-refractivity contribution is 5.95. The van der Waals surface area contributed by atoms with Crippen LogP contribution in [0.3, 0.4) is 0 Å². The summed E-state index contributed by atoms with van der Waals surface area (Å²) in [7, 11) is 0. The van der Waals surface area contributed by atoms with Crippen molar-refractivity contribution in [3.8, 4) is 0 Å². The summed E-state index contributed by atoms with van der Waals surface area (Å²) in [6, 6.07) is 0. The van der Waals surface area contributed by atoms with Gasteiger partial charge >= 0.3 is 0 Å². The minimum atomic E-state index is 1.02. The van der Waals surface area contributed by atoms with Crippen molar-refractivity contribution in [3.05, 3.63) is 24.4 Å². The molecule has 1 heterocycles. The van der Waals surface area contributed by atoms with Crippen molar-refractivity contribution in [1.29, 1.82) is 0 Å². The Morgan fingerprint density at radius 2 is 2.44 bits per heavy atom. The van der Waals surface area contributed by atoms with E-state index in [4.69, 9.17) is 0 Å². The van der Waals surface area contributed by atoms with Crippen molar-refractivity contribution in [3.63, 3.8) is 0 Å². The maximum absolute atomic E-state index is 4.19. The highest BCUT2D eigenvalue weighted by Crippen LogP contribution is 1.97. The molecule has 0 fully saturated rings. The lowest BCUT2D eigenvalue weighted by Crippen LogP contribution is -1.86. The molecule has 0 saturated carbocycles. The lowest BCUT2D eigenvalue weighted by molar-refractivity contribution is 1.28. The Balaban J connectivity index is 2.67. The molecule has 0 saturated heterocycles. The third-order valence-corrected chi connectivity index (χ3v) is 1.29. The normalized spacial score (nSPS) is 17.2. The molecule has 0 aromatic heterocycles. The molecule has 1 aliphatic heterocycles. The van der Waals surface area contributed by atoms with Gasteiger partial charge in [-0.05, 0) is 18.9 Å². The van der Waals surface area contributed by atoms with Crippen LogP contribution in [0.4, 0.5) is 0 Å². The molecule has 0 N–H and O–H groups in total. The van der Waals surface area contributed by atoms with E-state index in [1.807, 2.05) is 6.20 Å². The van der Waals surface area contributed by atoms with Crippen LogP contribution in [0, 0.1) is 0 Å². The van der Waals surface area contributed by atoms with Crippen LogP contribution in [-0.2, 0) is 0 Å². The number of aliphatic imine (C=N–C) groups is 1. The Morgan fingerprint density at radius 1 is 1.56 bits per heavy atom. The maximum atomic E-state index is 4.19. The zero-order valence-electron chi connectivity index (χ0n) is 5.67. The van der Waals surface area contributed by atoms with Gasteiger partial charge in [-0.1, -0.05) is 19.1 Å². The van der Waals surface area contributed by atoms with Crippen molar-refractivity contribution in [1.82, 2.24) is 0 Å². The maximum Gasteiger partial charge on any atom is 0.0397 e. The van der Waals surface area contributed by atoms with Gasteiger partial charge in [-0.25, -0.2) is 0 Å². The van der Waals surface area contributed by atoms with E-state index in [9.17, 15) is 0 Å². The first kappa shape index (κ1) is 6.27. The quantitative estimate of drug-likeness (QED) is 0.504. The van der Waals surface area contributed by atoms with Crippen LogP contribution < -0.4 is 0 Å². The third-order valence-electron chi connectivity index (χ3n) is 1.29. The number of allylic oxidation sites excluding steroid dienone is 3. The molecular weight excluding hydrogens is 110 g/mol. The average molecular weight is 121 g/mol. The summed E-state index contributed by atoms with van der Waals surface area (Å²) in [4.78, 5) is 4.19. The summed E-state index contributed by atoms with van der Waals surface area (Å²) >= 11 is 0. The molecule has 1 aliphatic rings. The van der Waals surface area contributed by atoms with Gasteiger partial charge in [0.05, 0.1) is 0 Å². The van der Waals surface area contributed by atoms with Gasteiger partial charge in [0, 0.05) is 11.9 Å². The van der Waals surface area contributed by atoms with Crippen LogP contribution in [0.5, 0.6) is 0 Å². The smallest absolute Gasteiger partial charge is 0.0397 e. The van der Waals surface area contributed by atoms with Crippen LogP contribution in [0.1, 0.15) is 19.8 Å². The van der Waals surface area contributed by atoms with E-state index in [0.29, 0.717) is 0 Å². The highest BCUT2D eigenvalue weighted by atomic mass is 14.7. The van der Waals surface area contributed by atoms with E-state index < -0.39 is 0 Å². The largest absolute Gasteiger partial charge is 0.262 e. The van der Waals surface area contributed by atoms with Gasteiger partial charge in [-0.2, -0.15) is 0 Å². The van der Waals surface area contributed by atoms with Gasteiger partial charge in [-0.3, -0.25) is 4.99 Å². The summed E-state index contributed by atoms with van der Waals surface area (Å²) in [6.07, 6.45) is 10.2. The predicted molar refractivity (Wildman–Crippen MR) is 40.6 cm³/mol. The molecule has 0 aromatic rings. The molecule has 48 valence electrons.